The van der Waals surface area contributed by atoms with Crippen LogP contribution in [0.4, 0.5) is 15.1 Å². The van der Waals surface area contributed by atoms with E-state index in [1.165, 1.54) is 12.1 Å². The molecule has 0 radical (unpaired) electrons. The quantitative estimate of drug-likeness (QED) is 0.345. The van der Waals surface area contributed by atoms with E-state index in [9.17, 15) is 14.0 Å². The van der Waals surface area contributed by atoms with Crippen molar-refractivity contribution in [3.8, 4) is 11.1 Å². The van der Waals surface area contributed by atoms with Gasteiger partial charge in [-0.15, -0.1) is 0 Å². The van der Waals surface area contributed by atoms with E-state index in [2.05, 4.69) is 26.7 Å². The highest BCUT2D eigenvalue weighted by Gasteiger charge is 2.25. The second-order valence-electron chi connectivity index (χ2n) is 8.72. The predicted octanol–water partition coefficient (Wildman–Crippen LogP) is 5.45. The third-order valence-electron chi connectivity index (χ3n) is 6.13. The highest BCUT2D eigenvalue weighted by Crippen LogP contribution is 2.26. The van der Waals surface area contributed by atoms with Crippen LogP contribution in [0.15, 0.2) is 70.7 Å². The van der Waals surface area contributed by atoms with Crippen LogP contribution in [0.5, 0.6) is 0 Å². The topological polar surface area (TPSA) is 96.3 Å². The summed E-state index contributed by atoms with van der Waals surface area (Å²) < 4.78 is 13.2. The number of carbonyl (C=O) groups is 2. The molecule has 1 saturated heterocycles. The van der Waals surface area contributed by atoms with Crippen LogP contribution in [-0.2, 0) is 4.79 Å². The van der Waals surface area contributed by atoms with E-state index in [0.717, 1.165) is 54.1 Å². The summed E-state index contributed by atoms with van der Waals surface area (Å²) in [7, 11) is 0. The first kappa shape index (κ1) is 23.9. The maximum absolute atomic E-state index is 13.2. The van der Waals surface area contributed by atoms with E-state index in [4.69, 9.17) is 4.99 Å². The molecule has 0 spiro atoms. The van der Waals surface area contributed by atoms with E-state index in [0.29, 0.717) is 16.5 Å². The van der Waals surface area contributed by atoms with Gasteiger partial charge in [-0.05, 0) is 84.5 Å². The van der Waals surface area contributed by atoms with Gasteiger partial charge in [0.2, 0.25) is 5.95 Å². The van der Waals surface area contributed by atoms with Gasteiger partial charge in [0, 0.05) is 18.5 Å². The Kier molecular flexibility index (Phi) is 7.18. The smallest absolute Gasteiger partial charge is 0.290 e. The number of nitrogens with zero attached hydrogens (tertiary/aromatic N) is 3. The number of benzene rings is 2. The summed E-state index contributed by atoms with van der Waals surface area (Å²) in [5.41, 5.74) is 3.59. The lowest BCUT2D eigenvalue weighted by Gasteiger charge is -2.27. The van der Waals surface area contributed by atoms with Gasteiger partial charge in [0.1, 0.15) is 5.82 Å². The molecule has 2 heterocycles. The fraction of sp³-hybridized carbons (Fsp3) is 0.222. The number of halogens is 1. The van der Waals surface area contributed by atoms with Crippen molar-refractivity contribution in [2.75, 3.05) is 5.32 Å². The van der Waals surface area contributed by atoms with Crippen molar-refractivity contribution in [1.29, 1.82) is 0 Å². The molecular formula is C27H24FN5O2S. The Bertz CT molecular complexity index is 1330. The minimum atomic E-state index is -0.404. The lowest BCUT2D eigenvalue weighted by Crippen LogP contribution is -2.28. The summed E-state index contributed by atoms with van der Waals surface area (Å²) in [6.45, 7) is 0. The van der Waals surface area contributed by atoms with Gasteiger partial charge < -0.3 is 5.32 Å². The van der Waals surface area contributed by atoms with Gasteiger partial charge in [0.15, 0.2) is 0 Å². The highest BCUT2D eigenvalue weighted by molar-refractivity contribution is 8.18. The lowest BCUT2D eigenvalue weighted by atomic mass is 9.91. The zero-order valence-corrected chi connectivity index (χ0v) is 20.2. The molecule has 1 aliphatic heterocycles. The molecule has 2 fully saturated rings. The number of thioether (sulfide) groups is 1. The van der Waals surface area contributed by atoms with E-state index < -0.39 is 5.91 Å². The Balaban J connectivity index is 1.15. The average Bonchev–Trinajstić information content (AvgIpc) is 3.20. The summed E-state index contributed by atoms with van der Waals surface area (Å²) in [4.78, 5) is 37.0. The Labute approximate surface area is 212 Å². The van der Waals surface area contributed by atoms with Crippen molar-refractivity contribution in [3.63, 3.8) is 0 Å². The molecule has 0 unspecified atom stereocenters. The first-order valence-corrected chi connectivity index (χ1v) is 12.6. The number of imide groups is 1. The molecule has 2 aliphatic rings. The van der Waals surface area contributed by atoms with Crippen LogP contribution in [0, 0.1) is 5.82 Å². The maximum Gasteiger partial charge on any atom is 0.290 e. The Morgan fingerprint density at radius 3 is 2.58 bits per heavy atom. The largest absolute Gasteiger partial charge is 0.351 e. The molecule has 3 aromatic rings. The van der Waals surface area contributed by atoms with Gasteiger partial charge in [0.25, 0.3) is 11.1 Å². The maximum atomic E-state index is 13.2. The Morgan fingerprint density at radius 1 is 1.03 bits per heavy atom. The fourth-order valence-electron chi connectivity index (χ4n) is 4.26. The standard InChI is InChI=1S/C27H24FN5O2S/c28-20-6-4-18(5-7-20)19-3-1-2-17(14-19)16-30-21-8-10-22(11-9-21)31-26-29-13-12-23(32-26)15-24-25(34)33-27(35)36-24/h1-7,12-16,21-22H,8-11H2,(H,29,31,32)(H,33,34,35)/b24-15-,30-16?. The molecule has 2 N–H and O–H groups in total. The van der Waals surface area contributed by atoms with E-state index in [-0.39, 0.29) is 23.1 Å². The monoisotopic (exact) mass is 501 g/mol. The number of rotatable bonds is 6. The van der Waals surface area contributed by atoms with Gasteiger partial charge in [-0.2, -0.15) is 0 Å². The van der Waals surface area contributed by atoms with Crippen LogP contribution < -0.4 is 10.6 Å². The molecule has 9 heteroatoms. The van der Waals surface area contributed by atoms with Crippen molar-refractivity contribution in [2.45, 2.75) is 37.8 Å². The van der Waals surface area contributed by atoms with Crippen molar-refractivity contribution < 1.29 is 14.0 Å². The van der Waals surface area contributed by atoms with Crippen LogP contribution in [0.25, 0.3) is 17.2 Å². The molecule has 0 bridgehead atoms. The second-order valence-corrected chi connectivity index (χ2v) is 9.73. The molecule has 7 nitrogen and oxygen atoms in total. The van der Waals surface area contributed by atoms with Gasteiger partial charge in [0.05, 0.1) is 16.6 Å². The number of nitrogens with one attached hydrogen (secondary N) is 2. The normalized spacial score (nSPS) is 21.2. The van der Waals surface area contributed by atoms with E-state index >= 15 is 0 Å². The van der Waals surface area contributed by atoms with Crippen LogP contribution >= 0.6 is 11.8 Å². The molecule has 0 atom stereocenters. The van der Waals surface area contributed by atoms with Gasteiger partial charge >= 0.3 is 0 Å². The zero-order valence-electron chi connectivity index (χ0n) is 19.4. The zero-order chi connectivity index (χ0) is 24.9. The summed E-state index contributed by atoms with van der Waals surface area (Å²) in [6.07, 6.45) is 8.94. The van der Waals surface area contributed by atoms with Crippen LogP contribution in [0.1, 0.15) is 36.9 Å². The third-order valence-corrected chi connectivity index (χ3v) is 6.94. The summed E-state index contributed by atoms with van der Waals surface area (Å²) >= 11 is 0.867. The SMILES string of the molecule is O=C1NC(=O)/C(=C/c2ccnc(NC3CCC(N=Cc4cccc(-c5ccc(F)cc5)c4)CC3)n2)S1. The molecule has 2 aromatic carbocycles. The Morgan fingerprint density at radius 2 is 1.83 bits per heavy atom. The molecule has 1 saturated carbocycles. The molecule has 2 amide bonds. The van der Waals surface area contributed by atoms with Crippen molar-refractivity contribution >= 4 is 41.1 Å². The summed E-state index contributed by atoms with van der Waals surface area (Å²) in [5.74, 6) is -0.143. The predicted molar refractivity (Wildman–Crippen MR) is 140 cm³/mol. The lowest BCUT2D eigenvalue weighted by molar-refractivity contribution is -0.115. The molecule has 1 aliphatic carbocycles. The van der Waals surface area contributed by atoms with Crippen molar-refractivity contribution in [3.05, 3.63) is 82.8 Å². The average molecular weight is 502 g/mol. The van der Waals surface area contributed by atoms with E-state index in [1.807, 2.05) is 24.4 Å². The summed E-state index contributed by atoms with van der Waals surface area (Å²) in [6, 6.07) is 16.8. The van der Waals surface area contributed by atoms with Crippen molar-refractivity contribution in [1.82, 2.24) is 15.3 Å². The molecule has 5 rings (SSSR count). The number of hydrogen-bond acceptors (Lipinski definition) is 7. The van der Waals surface area contributed by atoms with Gasteiger partial charge in [-0.1, -0.05) is 30.3 Å². The van der Waals surface area contributed by atoms with Gasteiger partial charge in [-0.3, -0.25) is 19.9 Å². The van der Waals surface area contributed by atoms with Crippen LogP contribution in [0.3, 0.4) is 0 Å². The number of amides is 2. The minimum Gasteiger partial charge on any atom is -0.351 e. The fourth-order valence-corrected chi connectivity index (χ4v) is 4.93. The number of hydrogen-bond donors (Lipinski definition) is 2. The van der Waals surface area contributed by atoms with Crippen molar-refractivity contribution in [2.24, 2.45) is 4.99 Å². The highest BCUT2D eigenvalue weighted by atomic mass is 32.2. The number of carbonyl (C=O) groups excluding carboxylic acids is 2. The van der Waals surface area contributed by atoms with Crippen LogP contribution in [-0.4, -0.2) is 39.4 Å². The van der Waals surface area contributed by atoms with Gasteiger partial charge in [-0.25, -0.2) is 14.4 Å². The van der Waals surface area contributed by atoms with Crippen LogP contribution in [0.2, 0.25) is 0 Å². The first-order valence-electron chi connectivity index (χ1n) is 11.8. The number of anilines is 1. The number of aromatic nitrogens is 2. The molecule has 1 aromatic heterocycles. The Hall–Kier alpha value is -3.85. The molecule has 182 valence electrons. The third kappa shape index (κ3) is 6.04. The second kappa shape index (κ2) is 10.8. The van der Waals surface area contributed by atoms with E-state index in [1.54, 1.807) is 30.5 Å². The molecule has 36 heavy (non-hydrogen) atoms. The minimum absolute atomic E-state index is 0.242. The number of aliphatic imine (C=N–C) groups is 1. The first-order chi connectivity index (χ1) is 17.5. The summed E-state index contributed by atoms with van der Waals surface area (Å²) in [5, 5.41) is 5.25. The molecular weight excluding hydrogens is 477 g/mol.